The molecule has 0 saturated heterocycles. The fourth-order valence-electron chi connectivity index (χ4n) is 3.84. The van der Waals surface area contributed by atoms with E-state index in [9.17, 15) is 28.8 Å². The lowest BCUT2D eigenvalue weighted by atomic mass is 10.0. The summed E-state index contributed by atoms with van der Waals surface area (Å²) in [5.74, 6) is -3.13. The van der Waals surface area contributed by atoms with Crippen LogP contribution in [-0.2, 0) is 39.9 Å². The molecule has 0 heterocycles. The van der Waals surface area contributed by atoms with Crippen LogP contribution in [0.3, 0.4) is 0 Å². The average Bonchev–Trinajstić information content (AvgIpc) is 2.89. The molecular formula is C28H41N6O7+. The summed E-state index contributed by atoms with van der Waals surface area (Å²) in [5.41, 5.74) is 7.59. The molecule has 0 unspecified atom stereocenters. The summed E-state index contributed by atoms with van der Waals surface area (Å²) in [6.07, 6.45) is 1.38. The molecule has 1 aromatic rings. The third-order valence-electron chi connectivity index (χ3n) is 5.74. The predicted molar refractivity (Wildman–Crippen MR) is 149 cm³/mol. The summed E-state index contributed by atoms with van der Waals surface area (Å²) < 4.78 is 5.24. The van der Waals surface area contributed by atoms with Gasteiger partial charge < -0.3 is 26.0 Å². The van der Waals surface area contributed by atoms with Crippen molar-refractivity contribution in [3.63, 3.8) is 0 Å². The van der Waals surface area contributed by atoms with Crippen molar-refractivity contribution < 1.29 is 38.3 Å². The second-order valence-electron chi connectivity index (χ2n) is 9.79. The number of Topliss-reactive ketones (excluding diaryl/α,β-unsaturated/α-hetero) is 1. The van der Waals surface area contributed by atoms with Crippen LogP contribution in [0.15, 0.2) is 30.3 Å². The number of carbonyl (C=O) groups is 6. The highest BCUT2D eigenvalue weighted by Gasteiger charge is 2.30. The van der Waals surface area contributed by atoms with Gasteiger partial charge in [-0.3, -0.25) is 24.0 Å². The highest BCUT2D eigenvalue weighted by Crippen LogP contribution is 2.09. The normalized spacial score (nSPS) is 12.6. The van der Waals surface area contributed by atoms with E-state index in [-0.39, 0.29) is 31.6 Å². The van der Waals surface area contributed by atoms with Crippen LogP contribution in [0.4, 0.5) is 0 Å². The first kappa shape index (κ1) is 34.6. The van der Waals surface area contributed by atoms with Gasteiger partial charge in [-0.05, 0) is 45.1 Å². The molecule has 5 N–H and O–H groups in total. The zero-order valence-electron chi connectivity index (χ0n) is 24.0. The fraction of sp³-hybridized carbons (Fsp3) is 0.536. The Balaban J connectivity index is 3.12. The number of amides is 4. The van der Waals surface area contributed by atoms with Crippen LogP contribution >= 0.6 is 0 Å². The largest absolute Gasteiger partial charge is 0.461 e. The molecule has 0 aromatic heterocycles. The lowest BCUT2D eigenvalue weighted by Gasteiger charge is -2.25. The summed E-state index contributed by atoms with van der Waals surface area (Å²) in [5, 5.41) is 10.6. The number of ether oxygens (including phenoxy) is 1. The molecule has 0 aliphatic rings. The number of benzene rings is 1. The number of carbonyl (C=O) groups excluding carboxylic acids is 6. The van der Waals surface area contributed by atoms with Crippen molar-refractivity contribution in [2.75, 3.05) is 6.54 Å². The van der Waals surface area contributed by atoms with E-state index in [4.69, 9.17) is 10.3 Å². The lowest BCUT2D eigenvalue weighted by Crippen LogP contribution is -2.56. The number of unbranched alkanes of at least 4 members (excludes halogenated alkanes) is 1. The van der Waals surface area contributed by atoms with E-state index in [2.05, 4.69) is 26.1 Å². The number of esters is 1. The Kier molecular flexibility index (Phi) is 15.9. The van der Waals surface area contributed by atoms with Crippen molar-refractivity contribution in [2.24, 2.45) is 0 Å². The molecular weight excluding hydrogens is 532 g/mol. The van der Waals surface area contributed by atoms with E-state index in [0.29, 0.717) is 19.4 Å². The van der Waals surface area contributed by atoms with Gasteiger partial charge in [-0.25, -0.2) is 4.79 Å². The zero-order valence-corrected chi connectivity index (χ0v) is 24.0. The molecule has 4 amide bonds. The second kappa shape index (κ2) is 18.8. The van der Waals surface area contributed by atoms with Gasteiger partial charge in [-0.2, -0.15) is 0 Å². The topological polar surface area (TPSA) is 198 Å². The summed E-state index contributed by atoms with van der Waals surface area (Å²) in [4.78, 5) is 77.2. The van der Waals surface area contributed by atoms with Gasteiger partial charge in [-0.15, -0.1) is 0 Å². The van der Waals surface area contributed by atoms with Crippen LogP contribution in [0, 0.1) is 5.53 Å². The quantitative estimate of drug-likeness (QED) is 0.0557. The zero-order chi connectivity index (χ0) is 30.8. The van der Waals surface area contributed by atoms with Gasteiger partial charge in [0.15, 0.2) is 0 Å². The lowest BCUT2D eigenvalue weighted by molar-refractivity contribution is -0.152. The SMILES string of the molecule is CC(=O)NCCCC[C@H](NC(=O)[C@H](Cc1ccccc1)NC(C)=O)C(=O)N[C@@H](CCC(=O)C=[N+]=N)C(=O)OC(C)C. The Labute approximate surface area is 239 Å². The highest BCUT2D eigenvalue weighted by atomic mass is 16.5. The molecule has 41 heavy (non-hydrogen) atoms. The smallest absolute Gasteiger partial charge is 0.372 e. The fourth-order valence-corrected chi connectivity index (χ4v) is 3.84. The number of hydrogen-bond donors (Lipinski definition) is 5. The molecule has 3 atom stereocenters. The van der Waals surface area contributed by atoms with Crippen LogP contribution in [-0.4, -0.2) is 77.2 Å². The van der Waals surface area contributed by atoms with E-state index < -0.39 is 53.7 Å². The molecule has 1 rings (SSSR count). The van der Waals surface area contributed by atoms with Crippen molar-refractivity contribution in [3.8, 4) is 0 Å². The Morgan fingerprint density at radius 2 is 1.49 bits per heavy atom. The first-order chi connectivity index (χ1) is 19.4. The van der Waals surface area contributed by atoms with Gasteiger partial charge in [0.05, 0.1) is 16.4 Å². The number of nitrogens with zero attached hydrogens (tertiary/aromatic N) is 1. The summed E-state index contributed by atoms with van der Waals surface area (Å²) in [6.45, 7) is 6.34. The van der Waals surface area contributed by atoms with E-state index in [1.54, 1.807) is 26.0 Å². The first-order valence-electron chi connectivity index (χ1n) is 13.5. The minimum Gasteiger partial charge on any atom is -0.461 e. The van der Waals surface area contributed by atoms with Crippen LogP contribution in [0.2, 0.25) is 0 Å². The number of nitrogens with one attached hydrogen (secondary N) is 5. The highest BCUT2D eigenvalue weighted by molar-refractivity contribution is 6.25. The van der Waals surface area contributed by atoms with Crippen molar-refractivity contribution in [1.82, 2.24) is 21.3 Å². The van der Waals surface area contributed by atoms with Crippen molar-refractivity contribution in [3.05, 3.63) is 35.9 Å². The van der Waals surface area contributed by atoms with Gasteiger partial charge in [-0.1, -0.05) is 30.3 Å². The first-order valence-corrected chi connectivity index (χ1v) is 13.5. The molecule has 0 fully saturated rings. The van der Waals surface area contributed by atoms with Gasteiger partial charge in [0.2, 0.25) is 29.4 Å². The Hall–Kier alpha value is -4.38. The molecule has 0 spiro atoms. The Bertz CT molecular complexity index is 1100. The third-order valence-corrected chi connectivity index (χ3v) is 5.74. The molecule has 0 aliphatic heterocycles. The summed E-state index contributed by atoms with van der Waals surface area (Å²) in [7, 11) is 0. The van der Waals surface area contributed by atoms with E-state index >= 15 is 0 Å². The van der Waals surface area contributed by atoms with Gasteiger partial charge in [0.25, 0.3) is 0 Å². The molecule has 13 nitrogen and oxygen atoms in total. The molecule has 1 aromatic carbocycles. The average molecular weight is 574 g/mol. The van der Waals surface area contributed by atoms with Gasteiger partial charge in [0, 0.05) is 33.2 Å². The van der Waals surface area contributed by atoms with E-state index in [1.165, 1.54) is 13.8 Å². The second-order valence-corrected chi connectivity index (χ2v) is 9.79. The minimum absolute atomic E-state index is 0.103. The summed E-state index contributed by atoms with van der Waals surface area (Å²) >= 11 is 0. The maximum absolute atomic E-state index is 13.4. The molecule has 224 valence electrons. The van der Waals surface area contributed by atoms with Crippen LogP contribution < -0.4 is 21.3 Å². The third kappa shape index (κ3) is 15.1. The maximum Gasteiger partial charge on any atom is 0.372 e. The maximum atomic E-state index is 13.4. The number of ketones is 1. The van der Waals surface area contributed by atoms with Crippen LogP contribution in [0.1, 0.15) is 65.4 Å². The van der Waals surface area contributed by atoms with Crippen LogP contribution in [0.5, 0.6) is 0 Å². The summed E-state index contributed by atoms with van der Waals surface area (Å²) in [6, 6.07) is 5.81. The van der Waals surface area contributed by atoms with E-state index in [1.807, 2.05) is 18.2 Å². The molecule has 0 radical (unpaired) electrons. The van der Waals surface area contributed by atoms with E-state index in [0.717, 1.165) is 11.8 Å². The monoisotopic (exact) mass is 573 g/mol. The minimum atomic E-state index is -1.19. The Morgan fingerprint density at radius 1 is 0.854 bits per heavy atom. The Morgan fingerprint density at radius 3 is 2.07 bits per heavy atom. The van der Waals surface area contributed by atoms with Crippen molar-refractivity contribution in [2.45, 2.75) is 90.4 Å². The molecule has 13 heteroatoms. The van der Waals surface area contributed by atoms with Crippen LogP contribution in [0.25, 0.3) is 0 Å². The van der Waals surface area contributed by atoms with Gasteiger partial charge >= 0.3 is 12.2 Å². The number of rotatable bonds is 18. The molecule has 0 aliphatic carbocycles. The van der Waals surface area contributed by atoms with Gasteiger partial charge in [0.1, 0.15) is 18.1 Å². The molecule has 0 saturated carbocycles. The molecule has 0 bridgehead atoms. The predicted octanol–water partition coefficient (Wildman–Crippen LogP) is 0.621. The standard InChI is InChI=1S/C28H40N6O7/c1-18(2)41-28(40)24(14-13-22(37)17-31-29)34-26(38)23(12-8-9-15-30-19(3)35)33-27(39)25(32-20(4)36)16-21-10-6-5-7-11-21/h5-7,10-11,17-18,23-25,29H,8-9,12-16H2,1-4H3,(H3-,30,32,33,34,35,36,38,39)/p+1/t23-,24-,25-/m0/s1. The van der Waals surface area contributed by atoms with Crippen molar-refractivity contribution >= 4 is 41.6 Å². The number of hydrogen-bond acceptors (Lipinski definition) is 8. The van der Waals surface area contributed by atoms with Crippen molar-refractivity contribution in [1.29, 1.82) is 5.53 Å².